The van der Waals surface area contributed by atoms with Crippen LogP contribution in [-0.2, 0) is 11.2 Å². The molecule has 0 saturated heterocycles. The first-order valence-electron chi connectivity index (χ1n) is 7.20. The lowest BCUT2D eigenvalue weighted by Gasteiger charge is -2.25. The maximum absolute atomic E-state index is 12.4. The largest absolute Gasteiger partial charge is 0.362 e. The van der Waals surface area contributed by atoms with Gasteiger partial charge in [-0.25, -0.2) is 0 Å². The van der Waals surface area contributed by atoms with E-state index in [9.17, 15) is 4.79 Å². The van der Waals surface area contributed by atoms with Crippen LogP contribution < -0.4 is 4.90 Å². The van der Waals surface area contributed by atoms with E-state index in [1.54, 1.807) is 4.90 Å². The van der Waals surface area contributed by atoms with Gasteiger partial charge in [0.25, 0.3) is 0 Å². The summed E-state index contributed by atoms with van der Waals surface area (Å²) >= 11 is 6.03. The summed E-state index contributed by atoms with van der Waals surface area (Å²) in [4.78, 5) is 16.0. The third kappa shape index (κ3) is 3.90. The number of nitrogens with zero attached hydrogens (tertiary/aromatic N) is 4. The zero-order valence-corrected chi connectivity index (χ0v) is 13.0. The molecule has 1 aromatic rings. The fourth-order valence-corrected chi connectivity index (χ4v) is 2.74. The monoisotopic (exact) mass is 316 g/mol. The summed E-state index contributed by atoms with van der Waals surface area (Å²) in [6, 6.07) is 9.81. The second-order valence-electron chi connectivity index (χ2n) is 5.14. The first-order valence-corrected chi connectivity index (χ1v) is 7.58. The van der Waals surface area contributed by atoms with E-state index in [1.165, 1.54) is 5.56 Å². The fourth-order valence-electron chi connectivity index (χ4n) is 2.58. The highest BCUT2D eigenvalue weighted by Gasteiger charge is 2.23. The molecule has 1 aliphatic heterocycles. The molecule has 0 atom stereocenters. The molecule has 22 heavy (non-hydrogen) atoms. The molecule has 0 saturated carbocycles. The second-order valence-corrected chi connectivity index (χ2v) is 5.58. The highest BCUT2D eigenvalue weighted by atomic mass is 35.5. The molecule has 1 heterocycles. The molecular weight excluding hydrogens is 300 g/mol. The smallest absolute Gasteiger partial charge is 0.242 e. The Hall–Kier alpha value is -2.24. The average molecular weight is 317 g/mol. The number of hydrogen-bond donors (Lipinski definition) is 0. The van der Waals surface area contributed by atoms with Gasteiger partial charge in [0.2, 0.25) is 5.91 Å². The maximum atomic E-state index is 12.4. The van der Waals surface area contributed by atoms with Crippen molar-refractivity contribution in [2.24, 2.45) is 0 Å². The van der Waals surface area contributed by atoms with Gasteiger partial charge in [-0.15, -0.1) is 0 Å². The summed E-state index contributed by atoms with van der Waals surface area (Å²) in [5.74, 6) is -0.0571. The van der Waals surface area contributed by atoms with Crippen LogP contribution in [0.1, 0.15) is 18.4 Å². The van der Waals surface area contributed by atoms with Crippen LogP contribution in [0.25, 0.3) is 0 Å². The highest BCUT2D eigenvalue weighted by molar-refractivity contribution is 6.30. The van der Waals surface area contributed by atoms with Gasteiger partial charge in [0.15, 0.2) is 0 Å². The lowest BCUT2D eigenvalue weighted by Crippen LogP contribution is -2.40. The Bertz CT molecular complexity index is 614. The van der Waals surface area contributed by atoms with Crippen LogP contribution in [0.15, 0.2) is 18.2 Å². The number of fused-ring (bicyclic) bond motifs is 1. The van der Waals surface area contributed by atoms with Crippen LogP contribution in [0.5, 0.6) is 0 Å². The number of anilines is 1. The molecular formula is C16H17ClN4O. The van der Waals surface area contributed by atoms with Gasteiger partial charge in [-0.3, -0.25) is 4.79 Å². The predicted octanol–water partition coefficient (Wildman–Crippen LogP) is 2.36. The number of nitriles is 2. The summed E-state index contributed by atoms with van der Waals surface area (Å²) in [6.07, 6.45) is 1.45. The van der Waals surface area contributed by atoms with Crippen molar-refractivity contribution >= 4 is 23.2 Å². The van der Waals surface area contributed by atoms with Crippen molar-refractivity contribution in [1.29, 1.82) is 10.5 Å². The van der Waals surface area contributed by atoms with Gasteiger partial charge < -0.3 is 9.80 Å². The maximum Gasteiger partial charge on any atom is 0.242 e. The number of hydrogen-bond acceptors (Lipinski definition) is 4. The minimum absolute atomic E-state index is 0.0571. The summed E-state index contributed by atoms with van der Waals surface area (Å²) in [7, 11) is 0. The Morgan fingerprint density at radius 2 is 1.95 bits per heavy atom. The van der Waals surface area contributed by atoms with Crippen LogP contribution in [-0.4, -0.2) is 37.0 Å². The number of halogens is 1. The molecule has 0 spiro atoms. The summed E-state index contributed by atoms with van der Waals surface area (Å²) in [5, 5.41) is 18.0. The molecule has 0 unspecified atom stereocenters. The summed E-state index contributed by atoms with van der Waals surface area (Å²) < 4.78 is 0. The molecule has 0 fully saturated rings. The van der Waals surface area contributed by atoms with E-state index in [0.29, 0.717) is 18.1 Å². The van der Waals surface area contributed by atoms with Gasteiger partial charge in [0.1, 0.15) is 0 Å². The van der Waals surface area contributed by atoms with Crippen LogP contribution in [0.4, 0.5) is 5.69 Å². The van der Waals surface area contributed by atoms with Crippen molar-refractivity contribution in [1.82, 2.24) is 4.90 Å². The topological polar surface area (TPSA) is 71.1 Å². The van der Waals surface area contributed by atoms with Crippen LogP contribution in [0, 0.1) is 22.7 Å². The summed E-state index contributed by atoms with van der Waals surface area (Å²) in [6.45, 7) is 1.77. The zero-order chi connectivity index (χ0) is 15.9. The number of amides is 1. The first-order chi connectivity index (χ1) is 10.7. The molecule has 1 amide bonds. The van der Waals surface area contributed by atoms with E-state index in [0.717, 1.165) is 18.7 Å². The number of carbonyl (C=O) groups excluding carboxylic acids is 1. The van der Waals surface area contributed by atoms with E-state index in [2.05, 4.69) is 0 Å². The number of carbonyl (C=O) groups is 1. The predicted molar refractivity (Wildman–Crippen MR) is 84.4 cm³/mol. The Kier molecular flexibility index (Phi) is 5.63. The zero-order valence-electron chi connectivity index (χ0n) is 12.3. The van der Waals surface area contributed by atoms with Gasteiger partial charge in [-0.1, -0.05) is 17.7 Å². The van der Waals surface area contributed by atoms with E-state index in [-0.39, 0.29) is 25.3 Å². The number of rotatable bonds is 6. The van der Waals surface area contributed by atoms with Crippen LogP contribution in [0.2, 0.25) is 5.02 Å². The molecule has 1 aliphatic rings. The van der Waals surface area contributed by atoms with Crippen molar-refractivity contribution in [2.45, 2.75) is 19.3 Å². The fraction of sp³-hybridized carbons (Fsp3) is 0.438. The van der Waals surface area contributed by atoms with Gasteiger partial charge in [-0.05, 0) is 24.1 Å². The average Bonchev–Trinajstić information content (AvgIpc) is 2.89. The minimum Gasteiger partial charge on any atom is -0.362 e. The Balaban J connectivity index is 2.03. The normalized spacial score (nSPS) is 12.4. The van der Waals surface area contributed by atoms with E-state index < -0.39 is 0 Å². The van der Waals surface area contributed by atoms with E-state index >= 15 is 0 Å². The molecule has 6 heteroatoms. The van der Waals surface area contributed by atoms with Crippen molar-refractivity contribution in [3.05, 3.63) is 28.8 Å². The molecule has 0 N–H and O–H groups in total. The van der Waals surface area contributed by atoms with Crippen molar-refractivity contribution in [2.75, 3.05) is 31.1 Å². The van der Waals surface area contributed by atoms with Gasteiger partial charge in [0, 0.05) is 30.3 Å². The standard InChI is InChI=1S/C16H17ClN4O/c17-14-4-3-13-5-10-21(15(13)11-14)12-16(22)20(8-1-6-18)9-2-7-19/h3-4,11H,1-2,5,8-10,12H2. The Morgan fingerprint density at radius 1 is 1.27 bits per heavy atom. The lowest BCUT2D eigenvalue weighted by atomic mass is 10.2. The first kappa shape index (κ1) is 16.1. The molecule has 0 aliphatic carbocycles. The summed E-state index contributed by atoms with van der Waals surface area (Å²) in [5.41, 5.74) is 2.19. The Morgan fingerprint density at radius 3 is 2.59 bits per heavy atom. The quantitative estimate of drug-likeness (QED) is 0.807. The minimum atomic E-state index is -0.0571. The molecule has 0 aromatic heterocycles. The third-order valence-electron chi connectivity index (χ3n) is 3.70. The molecule has 114 valence electrons. The second kappa shape index (κ2) is 7.68. The van der Waals surface area contributed by atoms with Crippen molar-refractivity contribution < 1.29 is 4.79 Å². The molecule has 0 bridgehead atoms. The molecule has 5 nitrogen and oxygen atoms in total. The van der Waals surface area contributed by atoms with Crippen LogP contribution in [0.3, 0.4) is 0 Å². The highest BCUT2D eigenvalue weighted by Crippen LogP contribution is 2.30. The molecule has 2 rings (SSSR count). The Labute approximate surface area is 135 Å². The third-order valence-corrected chi connectivity index (χ3v) is 3.94. The van der Waals surface area contributed by atoms with Crippen molar-refractivity contribution in [3.63, 3.8) is 0 Å². The number of benzene rings is 1. The SMILES string of the molecule is N#CCCN(CCC#N)C(=O)CN1CCc2ccc(Cl)cc21. The van der Waals surface area contributed by atoms with Crippen molar-refractivity contribution in [3.8, 4) is 12.1 Å². The van der Waals surface area contributed by atoms with Gasteiger partial charge in [0.05, 0.1) is 31.5 Å². The van der Waals surface area contributed by atoms with E-state index in [1.807, 2.05) is 35.2 Å². The van der Waals surface area contributed by atoms with Gasteiger partial charge >= 0.3 is 0 Å². The molecule has 0 radical (unpaired) electrons. The molecule has 1 aromatic carbocycles. The van der Waals surface area contributed by atoms with Gasteiger partial charge in [-0.2, -0.15) is 10.5 Å². The lowest BCUT2D eigenvalue weighted by molar-refractivity contribution is -0.129. The van der Waals surface area contributed by atoms with Crippen LogP contribution >= 0.6 is 11.6 Å². The van der Waals surface area contributed by atoms with E-state index in [4.69, 9.17) is 22.1 Å².